The average Bonchev–Trinajstić information content (AvgIpc) is 2.83. The van der Waals surface area contributed by atoms with Crippen molar-refractivity contribution in [1.29, 1.82) is 0 Å². The van der Waals surface area contributed by atoms with Crippen LogP contribution in [0, 0.1) is 0 Å². The Kier molecular flexibility index (Phi) is 6.74. The molecule has 9 heteroatoms. The molecule has 0 saturated carbocycles. The number of carbonyl (C=O) groups excluding carboxylic acids is 2. The SMILES string of the molecule is CN(C)C(=O)c1ccc(NC(=O)c2cccc(S(=O)(=O)N3CCc4ccccc4C3)c2)cc1Cl. The largest absolute Gasteiger partial charge is 0.345 e. The van der Waals surface area contributed by atoms with Crippen LogP contribution in [0.5, 0.6) is 0 Å². The summed E-state index contributed by atoms with van der Waals surface area (Å²) in [5.41, 5.74) is 3.05. The van der Waals surface area contributed by atoms with Crippen molar-refractivity contribution in [3.8, 4) is 0 Å². The van der Waals surface area contributed by atoms with Gasteiger partial charge in [0.05, 0.1) is 15.5 Å². The summed E-state index contributed by atoms with van der Waals surface area (Å²) in [6, 6.07) is 18.4. The minimum Gasteiger partial charge on any atom is -0.345 e. The minimum absolute atomic E-state index is 0.0597. The number of fused-ring (bicyclic) bond motifs is 1. The number of benzene rings is 3. The maximum absolute atomic E-state index is 13.3. The van der Waals surface area contributed by atoms with Crippen LogP contribution in [0.25, 0.3) is 0 Å². The van der Waals surface area contributed by atoms with Crippen LogP contribution >= 0.6 is 11.6 Å². The number of anilines is 1. The number of hydrogen-bond acceptors (Lipinski definition) is 4. The van der Waals surface area contributed by atoms with Crippen LogP contribution in [-0.4, -0.2) is 50.1 Å². The third-order valence-electron chi connectivity index (χ3n) is 5.69. The summed E-state index contributed by atoms with van der Waals surface area (Å²) in [5, 5.41) is 2.92. The quantitative estimate of drug-likeness (QED) is 0.576. The lowest BCUT2D eigenvalue weighted by Crippen LogP contribution is -2.36. The monoisotopic (exact) mass is 497 g/mol. The Morgan fingerprint density at radius 2 is 1.71 bits per heavy atom. The maximum Gasteiger partial charge on any atom is 0.255 e. The highest BCUT2D eigenvalue weighted by molar-refractivity contribution is 7.89. The van der Waals surface area contributed by atoms with Crippen LogP contribution in [0.4, 0.5) is 5.69 Å². The molecule has 1 N–H and O–H groups in total. The molecule has 1 aliphatic rings. The van der Waals surface area contributed by atoms with E-state index in [1.807, 2.05) is 24.3 Å². The molecule has 0 radical (unpaired) electrons. The fraction of sp³-hybridized carbons (Fsp3) is 0.200. The summed E-state index contributed by atoms with van der Waals surface area (Å²) < 4.78 is 28.0. The van der Waals surface area contributed by atoms with E-state index in [1.54, 1.807) is 32.3 Å². The van der Waals surface area contributed by atoms with Crippen molar-refractivity contribution in [1.82, 2.24) is 9.21 Å². The van der Waals surface area contributed by atoms with Crippen LogP contribution in [0.15, 0.2) is 71.6 Å². The average molecular weight is 498 g/mol. The van der Waals surface area contributed by atoms with Crippen LogP contribution in [0.3, 0.4) is 0 Å². The van der Waals surface area contributed by atoms with Gasteiger partial charge in [-0.2, -0.15) is 4.31 Å². The van der Waals surface area contributed by atoms with Crippen molar-refractivity contribution >= 4 is 39.1 Å². The number of rotatable bonds is 5. The van der Waals surface area contributed by atoms with Gasteiger partial charge in [-0.1, -0.05) is 41.9 Å². The molecule has 0 spiro atoms. The van der Waals surface area contributed by atoms with Gasteiger partial charge in [-0.3, -0.25) is 9.59 Å². The molecule has 0 bridgehead atoms. The Hall–Kier alpha value is -3.20. The molecule has 0 fully saturated rings. The number of nitrogens with one attached hydrogen (secondary N) is 1. The maximum atomic E-state index is 13.3. The van der Waals surface area contributed by atoms with Gasteiger partial charge >= 0.3 is 0 Å². The first-order valence-electron chi connectivity index (χ1n) is 10.7. The van der Waals surface area contributed by atoms with E-state index in [0.29, 0.717) is 30.8 Å². The molecule has 0 unspecified atom stereocenters. The van der Waals surface area contributed by atoms with Crippen molar-refractivity contribution in [2.45, 2.75) is 17.9 Å². The first-order valence-corrected chi connectivity index (χ1v) is 12.5. The standard InChI is InChI=1S/C25H24ClN3O4S/c1-28(2)25(31)22-11-10-20(15-23(22)26)27-24(30)18-8-5-9-21(14-18)34(32,33)29-13-12-17-6-3-4-7-19(17)16-29/h3-11,14-15H,12-13,16H2,1-2H3,(H,27,30). The van der Waals surface area contributed by atoms with Gasteiger partial charge in [-0.15, -0.1) is 0 Å². The predicted octanol–water partition coefficient (Wildman–Crippen LogP) is 4.04. The van der Waals surface area contributed by atoms with E-state index >= 15 is 0 Å². The van der Waals surface area contributed by atoms with Crippen molar-refractivity contribution in [3.05, 3.63) is 94.0 Å². The van der Waals surface area contributed by atoms with Gasteiger partial charge in [0, 0.05) is 38.4 Å². The molecule has 1 aliphatic heterocycles. The lowest BCUT2D eigenvalue weighted by atomic mass is 10.0. The van der Waals surface area contributed by atoms with Crippen LogP contribution < -0.4 is 5.32 Å². The second-order valence-corrected chi connectivity index (χ2v) is 10.6. The highest BCUT2D eigenvalue weighted by atomic mass is 35.5. The fourth-order valence-corrected chi connectivity index (χ4v) is 5.56. The second kappa shape index (κ2) is 9.58. The highest BCUT2D eigenvalue weighted by Crippen LogP contribution is 2.26. The number of carbonyl (C=O) groups is 2. The summed E-state index contributed by atoms with van der Waals surface area (Å²) in [6.07, 6.45) is 0.642. The lowest BCUT2D eigenvalue weighted by molar-refractivity contribution is 0.0827. The molecule has 7 nitrogen and oxygen atoms in total. The first kappa shape index (κ1) is 23.9. The van der Waals surface area contributed by atoms with E-state index in [4.69, 9.17) is 11.6 Å². The Labute approximate surface area is 204 Å². The van der Waals surface area contributed by atoms with E-state index in [0.717, 1.165) is 11.1 Å². The molecule has 0 atom stereocenters. The summed E-state index contributed by atoms with van der Waals surface area (Å²) in [6.45, 7) is 0.678. The fourth-order valence-electron chi connectivity index (χ4n) is 3.83. The molecule has 0 aromatic heterocycles. The van der Waals surface area contributed by atoms with Gasteiger partial charge < -0.3 is 10.2 Å². The summed E-state index contributed by atoms with van der Waals surface area (Å²) in [7, 11) is -0.527. The molecule has 176 valence electrons. The number of amides is 2. The van der Waals surface area contributed by atoms with Crippen molar-refractivity contribution in [2.75, 3.05) is 26.0 Å². The van der Waals surface area contributed by atoms with Crippen molar-refractivity contribution in [3.63, 3.8) is 0 Å². The van der Waals surface area contributed by atoms with E-state index in [-0.39, 0.29) is 21.4 Å². The first-order chi connectivity index (χ1) is 16.2. The van der Waals surface area contributed by atoms with Crippen molar-refractivity contribution < 1.29 is 18.0 Å². The molecule has 1 heterocycles. The van der Waals surface area contributed by atoms with E-state index in [9.17, 15) is 18.0 Å². The van der Waals surface area contributed by atoms with Crippen molar-refractivity contribution in [2.24, 2.45) is 0 Å². The number of nitrogens with zero attached hydrogens (tertiary/aromatic N) is 2. The Morgan fingerprint density at radius 1 is 0.971 bits per heavy atom. The van der Waals surface area contributed by atoms with Gasteiger partial charge in [0.2, 0.25) is 10.0 Å². The van der Waals surface area contributed by atoms with E-state index in [1.165, 1.54) is 33.5 Å². The summed E-state index contributed by atoms with van der Waals surface area (Å²) >= 11 is 6.22. The third-order valence-corrected chi connectivity index (χ3v) is 7.85. The molecular weight excluding hydrogens is 474 g/mol. The normalized spacial score (nSPS) is 13.7. The minimum atomic E-state index is -3.77. The zero-order valence-corrected chi connectivity index (χ0v) is 20.4. The van der Waals surface area contributed by atoms with E-state index in [2.05, 4.69) is 5.32 Å². The molecular formula is C25H24ClN3O4S. The second-order valence-electron chi connectivity index (χ2n) is 8.23. The molecule has 4 rings (SSSR count). The van der Waals surface area contributed by atoms with E-state index < -0.39 is 15.9 Å². The van der Waals surface area contributed by atoms with Crippen LogP contribution in [0.1, 0.15) is 31.8 Å². The third kappa shape index (κ3) is 4.84. The Morgan fingerprint density at radius 3 is 2.41 bits per heavy atom. The topological polar surface area (TPSA) is 86.8 Å². The molecule has 34 heavy (non-hydrogen) atoms. The number of hydrogen-bond donors (Lipinski definition) is 1. The summed E-state index contributed by atoms with van der Waals surface area (Å²) in [5.74, 6) is -0.732. The lowest BCUT2D eigenvalue weighted by Gasteiger charge is -2.28. The Balaban J connectivity index is 1.53. The molecule has 3 aromatic rings. The van der Waals surface area contributed by atoms with Crippen LogP contribution in [-0.2, 0) is 23.0 Å². The Bertz CT molecular complexity index is 1370. The molecule has 2 amide bonds. The van der Waals surface area contributed by atoms with Gasteiger partial charge in [-0.05, 0) is 53.9 Å². The van der Waals surface area contributed by atoms with Gasteiger partial charge in [0.1, 0.15) is 0 Å². The number of halogens is 1. The highest BCUT2D eigenvalue weighted by Gasteiger charge is 2.28. The predicted molar refractivity (Wildman–Crippen MR) is 132 cm³/mol. The zero-order chi connectivity index (χ0) is 24.5. The smallest absolute Gasteiger partial charge is 0.255 e. The number of sulfonamides is 1. The van der Waals surface area contributed by atoms with Crippen LogP contribution in [0.2, 0.25) is 5.02 Å². The van der Waals surface area contributed by atoms with Gasteiger partial charge in [0.15, 0.2) is 0 Å². The zero-order valence-electron chi connectivity index (χ0n) is 18.8. The molecule has 3 aromatic carbocycles. The van der Waals surface area contributed by atoms with Gasteiger partial charge in [0.25, 0.3) is 11.8 Å². The molecule has 0 aliphatic carbocycles. The summed E-state index contributed by atoms with van der Waals surface area (Å²) in [4.78, 5) is 26.4. The van der Waals surface area contributed by atoms with Gasteiger partial charge in [-0.25, -0.2) is 8.42 Å². The molecule has 0 saturated heterocycles.